The number of carboxylic acid groups (broad SMARTS) is 3. The van der Waals surface area contributed by atoms with E-state index in [0.717, 1.165) is 30.5 Å². The average molecular weight is 1870 g/mol. The maximum Gasteiger partial charge on any atom is 0.305 e. The van der Waals surface area contributed by atoms with E-state index in [9.17, 15) is 142 Å². The molecule has 0 bridgehead atoms. The highest BCUT2D eigenvalue weighted by Gasteiger charge is 2.41. The maximum absolute atomic E-state index is 14.7. The van der Waals surface area contributed by atoms with Gasteiger partial charge in [0.15, 0.2) is 0 Å². The first-order chi connectivity index (χ1) is 61.9. The van der Waals surface area contributed by atoms with Crippen molar-refractivity contribution in [3.8, 4) is 11.5 Å². The fraction of sp³-hybridized carbons (Fsp3) is 0.548. The highest BCUT2D eigenvalue weighted by atomic mass is 32.2. The molecule has 1 fully saturated rings. The highest BCUT2D eigenvalue weighted by Crippen LogP contribution is 2.20. The molecule has 47 heteroatoms. The lowest BCUT2D eigenvalue weighted by Gasteiger charge is -2.30. The van der Waals surface area contributed by atoms with E-state index < -0.39 is 273 Å². The van der Waals surface area contributed by atoms with Crippen LogP contribution in [-0.4, -0.2) is 304 Å². The molecule has 0 aliphatic carbocycles. The van der Waals surface area contributed by atoms with Crippen molar-refractivity contribution in [2.24, 2.45) is 17.6 Å². The number of aliphatic carboxylic acids is 3. The van der Waals surface area contributed by atoms with Crippen LogP contribution in [0.15, 0.2) is 78.9 Å². The molecular formula is C84H121N17O29S. The number of carbonyl (C=O) groups excluding carboxylic acids is 17. The van der Waals surface area contributed by atoms with Crippen molar-refractivity contribution in [1.29, 1.82) is 0 Å². The number of imide groups is 1. The number of amides is 17. The van der Waals surface area contributed by atoms with Gasteiger partial charge in [-0.3, -0.25) is 101 Å². The number of benzene rings is 3. The van der Waals surface area contributed by atoms with Gasteiger partial charge in [-0.15, -0.1) is 0 Å². The van der Waals surface area contributed by atoms with Crippen LogP contribution >= 0.6 is 11.8 Å². The Hall–Kier alpha value is -13.0. The summed E-state index contributed by atoms with van der Waals surface area (Å²) in [5, 5.41) is 127. The summed E-state index contributed by atoms with van der Waals surface area (Å²) in [5.41, 5.74) is 6.48. The lowest BCUT2D eigenvalue weighted by atomic mass is 9.96. The Kier molecular flexibility index (Phi) is 47.6. The highest BCUT2D eigenvalue weighted by molar-refractivity contribution is 8.14. The molecule has 0 aromatic heterocycles. The largest absolute Gasteiger partial charge is 0.508 e. The zero-order valence-corrected chi connectivity index (χ0v) is 74.3. The summed E-state index contributed by atoms with van der Waals surface area (Å²) in [5.74, 6) is -23.4. The van der Waals surface area contributed by atoms with E-state index >= 15 is 0 Å². The molecule has 3 aromatic rings. The van der Waals surface area contributed by atoms with Crippen molar-refractivity contribution in [3.63, 3.8) is 0 Å². The Labute approximate surface area is 757 Å². The number of carbonyl (C=O) groups is 20. The van der Waals surface area contributed by atoms with E-state index in [4.69, 9.17) is 5.73 Å². The number of hydrogen-bond donors (Lipinski definition) is 25. The van der Waals surface area contributed by atoms with E-state index in [1.165, 1.54) is 67.6 Å². The third-order valence-electron chi connectivity index (χ3n) is 20.4. The van der Waals surface area contributed by atoms with Crippen molar-refractivity contribution in [2.75, 3.05) is 45.1 Å². The minimum absolute atomic E-state index is 0.0229. The van der Waals surface area contributed by atoms with Crippen LogP contribution in [0.5, 0.6) is 11.5 Å². The van der Waals surface area contributed by atoms with Crippen LogP contribution in [-0.2, 0) is 110 Å². The molecule has 46 nitrogen and oxygen atoms in total. The van der Waals surface area contributed by atoms with E-state index in [1.807, 2.05) is 0 Å². The quantitative estimate of drug-likeness (QED) is 0.0234. The van der Waals surface area contributed by atoms with Crippen molar-refractivity contribution in [3.05, 3.63) is 95.6 Å². The average Bonchev–Trinajstić information content (AvgIpc) is 1.01. The summed E-state index contributed by atoms with van der Waals surface area (Å²) >= 11 is 0.817. The van der Waals surface area contributed by atoms with Gasteiger partial charge in [-0.05, 0) is 112 Å². The van der Waals surface area contributed by atoms with Crippen molar-refractivity contribution < 1.29 is 142 Å². The Morgan fingerprint density at radius 3 is 1.29 bits per heavy atom. The Morgan fingerprint density at radius 2 is 0.824 bits per heavy atom. The number of aliphatic hydroxyl groups is 4. The minimum Gasteiger partial charge on any atom is -0.508 e. The minimum atomic E-state index is -2.23. The second-order valence-electron chi connectivity index (χ2n) is 31.8. The molecule has 17 amide bonds. The molecule has 722 valence electrons. The number of nitrogens with two attached hydrogens (primary N) is 1. The molecule has 1 heterocycles. The summed E-state index contributed by atoms with van der Waals surface area (Å²) in [6, 6.07) is -4.38. The van der Waals surface area contributed by atoms with Gasteiger partial charge in [-0.2, -0.15) is 0 Å². The Balaban J connectivity index is 1.53. The number of aliphatic hydroxyl groups excluding tert-OH is 4. The van der Waals surface area contributed by atoms with Gasteiger partial charge < -0.3 is 131 Å². The zero-order chi connectivity index (χ0) is 97.9. The number of phenols is 2. The molecule has 1 aliphatic heterocycles. The van der Waals surface area contributed by atoms with Crippen molar-refractivity contribution >= 4 is 129 Å². The first-order valence-corrected chi connectivity index (χ1v) is 43.3. The second kappa shape index (κ2) is 56.5. The van der Waals surface area contributed by atoms with E-state index in [0.29, 0.717) is 36.9 Å². The van der Waals surface area contributed by atoms with Gasteiger partial charge in [-0.25, -0.2) is 0 Å². The first kappa shape index (κ1) is 110. The smallest absolute Gasteiger partial charge is 0.305 e. The van der Waals surface area contributed by atoms with Gasteiger partial charge in [0, 0.05) is 57.7 Å². The molecule has 16 atom stereocenters. The fourth-order valence-electron chi connectivity index (χ4n) is 13.0. The monoisotopic (exact) mass is 1860 g/mol. The van der Waals surface area contributed by atoms with Gasteiger partial charge in [0.05, 0.1) is 50.6 Å². The summed E-state index contributed by atoms with van der Waals surface area (Å²) in [6.45, 7) is 7.02. The number of thioether (sulfide) groups is 1. The number of aromatic hydroxyl groups is 2. The normalized spacial score (nSPS) is 15.4. The maximum atomic E-state index is 14.7. The van der Waals surface area contributed by atoms with Crippen LogP contribution in [0.1, 0.15) is 142 Å². The number of carboxylic acids is 3. The summed E-state index contributed by atoms with van der Waals surface area (Å²) in [4.78, 5) is 270. The van der Waals surface area contributed by atoms with Crippen LogP contribution in [0.3, 0.4) is 0 Å². The van der Waals surface area contributed by atoms with E-state index in [1.54, 1.807) is 45.9 Å². The van der Waals surface area contributed by atoms with E-state index in [2.05, 4.69) is 79.8 Å². The molecule has 3 aromatic carbocycles. The zero-order valence-electron chi connectivity index (χ0n) is 73.5. The van der Waals surface area contributed by atoms with Crippen LogP contribution in [0.4, 0.5) is 4.79 Å². The number of phenolic OH excluding ortho intramolecular Hbond substituents is 2. The van der Waals surface area contributed by atoms with Gasteiger partial charge >= 0.3 is 17.9 Å². The van der Waals surface area contributed by atoms with Gasteiger partial charge in [0.25, 0.3) is 5.24 Å². The first-order valence-electron chi connectivity index (χ1n) is 42.3. The van der Waals surface area contributed by atoms with Crippen LogP contribution in [0, 0.1) is 11.8 Å². The summed E-state index contributed by atoms with van der Waals surface area (Å²) in [7, 11) is 0. The molecule has 131 heavy (non-hydrogen) atoms. The molecule has 1 saturated heterocycles. The van der Waals surface area contributed by atoms with Crippen LogP contribution in [0.25, 0.3) is 0 Å². The van der Waals surface area contributed by atoms with Crippen molar-refractivity contribution in [1.82, 2.24) is 84.7 Å². The molecule has 0 unspecified atom stereocenters. The third kappa shape index (κ3) is 39.9. The van der Waals surface area contributed by atoms with Gasteiger partial charge in [-0.1, -0.05) is 107 Å². The third-order valence-corrected chi connectivity index (χ3v) is 21.2. The molecule has 0 saturated carbocycles. The molecule has 1 aliphatic rings. The lowest BCUT2D eigenvalue weighted by molar-refractivity contribution is -0.142. The standard InChI is InChI=1S/C84H121N17O29S/c1-8-44(4)69(81(127)94-56(36-50-22-26-52(107)27-23-50)75(121)90-54(33-43(2)3)74(120)92-58(37-67(114)115)73(119)88-45(5)15-12-13-30-85)99-80(126)61(41-103)96-76(122)55(35-49-20-24-51(106)25-21-49)91-77(123)59(38-68(116)117)93-79(125)60(40-102)97-83(129)71(47(7)105)100-78(124)57(34-48-16-10-9-11-17-48)95-82(128)70(46(6)104)98-64(110)39-87-72(118)53(28-29-66(112)113)89-63(109)19-14-18-62(108)86-31-32-101-65(111)42-131-84(101)130/h9-11,16-17,20-27,43-47,53-61,69-71,102-107H,8,12-15,18-19,28-42,85H2,1-7H3,(H,86,108)(H,87,118)(H,88,119)(H,89,109)(H,90,121)(H,91,123)(H,92,120)(H,93,125)(H,94,127)(H,95,128)(H,96,122)(H,97,129)(H,98,110)(H,99,126)(H,100,124)(H,112,113)(H,114,115)(H,116,117)/t44-,45+,46+,47+,53-,54-,55-,56-,57-,58-,59-,60-,61-,69-,70-,71-/m0/s1. The summed E-state index contributed by atoms with van der Waals surface area (Å²) in [6.07, 6.45) is -7.05. The number of nitrogens with zero attached hydrogens (tertiary/aromatic N) is 1. The fourth-order valence-corrected chi connectivity index (χ4v) is 13.7. The van der Waals surface area contributed by atoms with Crippen molar-refractivity contribution in [2.45, 2.75) is 236 Å². The molecular weight excluding hydrogens is 1740 g/mol. The number of hydrogen-bond acceptors (Lipinski definition) is 28. The topological polar surface area (TPSA) is 733 Å². The van der Waals surface area contributed by atoms with Gasteiger partial charge in [0.1, 0.15) is 84.0 Å². The van der Waals surface area contributed by atoms with E-state index in [-0.39, 0.29) is 80.3 Å². The SMILES string of the molecule is CC[C@H](C)[C@H](NC(=O)[C@H](CO)NC(=O)[C@H](Cc1ccc(O)cc1)NC(=O)[C@H](CC(=O)O)NC(=O)[C@H](CO)NC(=O)[C@@H](NC(=O)[C@H](Cc1ccccc1)NC(=O)[C@@H](NC(=O)CNC(=O)[C@H](CCC(=O)O)NC(=O)CCCC(=O)NCCN1C(=O)CSC1=O)[C@@H](C)O)[C@@H](C)O)C(=O)N[C@@H](Cc1ccc(O)cc1)C(=O)N[C@@H](CC(C)C)C(=O)N[C@@H](CC(=O)O)C(=O)N[C@H](C)CCCCN. The summed E-state index contributed by atoms with van der Waals surface area (Å²) < 4.78 is 0. The lowest BCUT2D eigenvalue weighted by Crippen LogP contribution is -2.63. The number of nitrogens with one attached hydrogen (secondary N) is 15. The molecule has 4 rings (SSSR count). The predicted molar refractivity (Wildman–Crippen MR) is 465 cm³/mol. The van der Waals surface area contributed by atoms with Gasteiger partial charge in [0.2, 0.25) is 94.5 Å². The number of unbranched alkanes of at least 4 members (excludes halogenated alkanes) is 1. The molecule has 0 radical (unpaired) electrons. The van der Waals surface area contributed by atoms with Crippen LogP contribution < -0.4 is 85.5 Å². The number of rotatable bonds is 59. The second-order valence-corrected chi connectivity index (χ2v) is 32.7. The Bertz CT molecular complexity index is 4420. The van der Waals surface area contributed by atoms with Crippen LogP contribution in [0.2, 0.25) is 0 Å². The predicted octanol–water partition coefficient (Wildman–Crippen LogP) is -5.67. The molecule has 0 spiro atoms. The molecule has 26 N–H and O–H groups in total. The Morgan fingerprint density at radius 1 is 0.412 bits per heavy atom.